The molecule has 0 aliphatic carbocycles. The minimum atomic E-state index is -4.05. The molecule has 0 spiro atoms. The van der Waals surface area contributed by atoms with Gasteiger partial charge in [0.1, 0.15) is 10.6 Å². The smallest absolute Gasteiger partial charge is 0.340 e. The van der Waals surface area contributed by atoms with Crippen molar-refractivity contribution in [2.75, 3.05) is 14.2 Å². The Hall–Kier alpha value is -2.25. The number of fused-ring (bicyclic) bond motifs is 1. The monoisotopic (exact) mass is 422 g/mol. The van der Waals surface area contributed by atoms with Crippen molar-refractivity contribution in [1.29, 1.82) is 0 Å². The molecule has 0 saturated carbocycles. The van der Waals surface area contributed by atoms with Crippen LogP contribution in [0.4, 0.5) is 0 Å². The summed E-state index contributed by atoms with van der Waals surface area (Å²) in [5, 5.41) is 1.89. The standard InChI is InChI=1S/C18H15BrO5S/c1-22-16-10-15(19)18(11-17(16)23-2)25(20,21)24-14-8-7-12-5-3-4-6-13(12)9-14/h3-11H,1-2H3. The highest BCUT2D eigenvalue weighted by molar-refractivity contribution is 9.10. The van der Waals surface area contributed by atoms with E-state index >= 15 is 0 Å². The average molecular weight is 423 g/mol. The van der Waals surface area contributed by atoms with E-state index in [1.807, 2.05) is 30.3 Å². The lowest BCUT2D eigenvalue weighted by Crippen LogP contribution is -2.11. The number of methoxy groups -OCH3 is 2. The molecular weight excluding hydrogens is 408 g/mol. The molecule has 0 aliphatic rings. The maximum Gasteiger partial charge on any atom is 0.340 e. The topological polar surface area (TPSA) is 61.8 Å². The highest BCUT2D eigenvalue weighted by atomic mass is 79.9. The van der Waals surface area contributed by atoms with Gasteiger partial charge >= 0.3 is 10.1 Å². The van der Waals surface area contributed by atoms with E-state index in [0.717, 1.165) is 10.8 Å². The SMILES string of the molecule is COc1cc(Br)c(S(=O)(=O)Oc2ccc3ccccc3c2)cc1OC. The minimum absolute atomic E-state index is 0.0432. The molecule has 0 amide bonds. The molecule has 0 aliphatic heterocycles. The van der Waals surface area contributed by atoms with E-state index in [9.17, 15) is 8.42 Å². The van der Waals surface area contributed by atoms with E-state index in [-0.39, 0.29) is 10.6 Å². The van der Waals surface area contributed by atoms with Crippen molar-refractivity contribution in [1.82, 2.24) is 0 Å². The first kappa shape index (κ1) is 17.6. The van der Waals surface area contributed by atoms with E-state index in [0.29, 0.717) is 16.0 Å². The second-order valence-corrected chi connectivity index (χ2v) is 7.55. The van der Waals surface area contributed by atoms with Crippen LogP contribution in [0.3, 0.4) is 0 Å². The Bertz CT molecular complexity index is 1030. The third kappa shape index (κ3) is 3.57. The molecule has 0 radical (unpaired) electrons. The first-order chi connectivity index (χ1) is 11.9. The van der Waals surface area contributed by atoms with Gasteiger partial charge in [0.05, 0.1) is 14.2 Å². The highest BCUT2D eigenvalue weighted by Crippen LogP contribution is 2.36. The zero-order chi connectivity index (χ0) is 18.0. The fraction of sp³-hybridized carbons (Fsp3) is 0.111. The zero-order valence-corrected chi connectivity index (χ0v) is 15.9. The van der Waals surface area contributed by atoms with Gasteiger partial charge in [0.25, 0.3) is 0 Å². The van der Waals surface area contributed by atoms with Gasteiger partial charge in [-0.2, -0.15) is 8.42 Å². The molecule has 0 heterocycles. The van der Waals surface area contributed by atoms with Crippen molar-refractivity contribution >= 4 is 36.8 Å². The lowest BCUT2D eigenvalue weighted by molar-refractivity contribution is 0.353. The van der Waals surface area contributed by atoms with Crippen LogP contribution in [0.5, 0.6) is 17.2 Å². The number of hydrogen-bond acceptors (Lipinski definition) is 5. The Morgan fingerprint density at radius 3 is 2.16 bits per heavy atom. The molecule has 0 atom stereocenters. The molecule has 7 heteroatoms. The summed E-state index contributed by atoms with van der Waals surface area (Å²) in [5.74, 6) is 0.950. The van der Waals surface area contributed by atoms with Crippen LogP contribution < -0.4 is 13.7 Å². The van der Waals surface area contributed by atoms with Crippen LogP contribution in [0.2, 0.25) is 0 Å². The van der Waals surface area contributed by atoms with Crippen molar-refractivity contribution in [3.8, 4) is 17.2 Å². The van der Waals surface area contributed by atoms with Crippen LogP contribution in [0, 0.1) is 0 Å². The molecular formula is C18H15BrO5S. The zero-order valence-electron chi connectivity index (χ0n) is 13.5. The van der Waals surface area contributed by atoms with Gasteiger partial charge in [0, 0.05) is 10.5 Å². The molecule has 5 nitrogen and oxygen atoms in total. The molecule has 130 valence electrons. The maximum atomic E-state index is 12.7. The molecule has 3 rings (SSSR count). The van der Waals surface area contributed by atoms with Gasteiger partial charge in [-0.25, -0.2) is 0 Å². The molecule has 0 unspecified atom stereocenters. The van der Waals surface area contributed by atoms with E-state index in [1.54, 1.807) is 12.1 Å². The number of ether oxygens (including phenoxy) is 2. The van der Waals surface area contributed by atoms with Crippen LogP contribution in [-0.4, -0.2) is 22.6 Å². The largest absolute Gasteiger partial charge is 0.493 e. The number of benzene rings is 3. The molecule has 0 fully saturated rings. The van der Waals surface area contributed by atoms with Gasteiger partial charge in [-0.3, -0.25) is 0 Å². The summed E-state index contributed by atoms with van der Waals surface area (Å²) >= 11 is 3.25. The van der Waals surface area contributed by atoms with E-state index in [1.165, 1.54) is 26.4 Å². The first-order valence-electron chi connectivity index (χ1n) is 7.29. The average Bonchev–Trinajstić information content (AvgIpc) is 2.60. The van der Waals surface area contributed by atoms with Gasteiger partial charge in [-0.05, 0) is 44.9 Å². The summed E-state index contributed by atoms with van der Waals surface area (Å²) < 4.78 is 41.3. The minimum Gasteiger partial charge on any atom is -0.493 e. The molecule has 0 saturated heterocycles. The summed E-state index contributed by atoms with van der Waals surface area (Å²) in [5.41, 5.74) is 0. The van der Waals surface area contributed by atoms with Gasteiger partial charge in [0.2, 0.25) is 0 Å². The second kappa shape index (κ2) is 6.93. The Morgan fingerprint density at radius 2 is 1.48 bits per heavy atom. The Labute approximate surface area is 154 Å². The molecule has 0 aromatic heterocycles. The summed E-state index contributed by atoms with van der Waals surface area (Å²) in [7, 11) is -1.14. The van der Waals surface area contributed by atoms with Crippen LogP contribution in [0.15, 0.2) is 64.0 Å². The molecule has 0 bridgehead atoms. The second-order valence-electron chi connectivity index (χ2n) is 5.18. The van der Waals surface area contributed by atoms with Crippen LogP contribution in [0.1, 0.15) is 0 Å². The summed E-state index contributed by atoms with van der Waals surface area (Å²) in [4.78, 5) is -0.0432. The molecule has 3 aromatic carbocycles. The van der Waals surface area contributed by atoms with Crippen molar-refractivity contribution in [3.63, 3.8) is 0 Å². The van der Waals surface area contributed by atoms with Crippen LogP contribution >= 0.6 is 15.9 Å². The number of hydrogen-bond donors (Lipinski definition) is 0. The lowest BCUT2D eigenvalue weighted by atomic mass is 10.1. The number of halogens is 1. The fourth-order valence-corrected chi connectivity index (χ4v) is 4.33. The summed E-state index contributed by atoms with van der Waals surface area (Å²) in [6.07, 6.45) is 0. The van der Waals surface area contributed by atoms with Crippen molar-refractivity contribution in [3.05, 3.63) is 59.1 Å². The number of rotatable bonds is 5. The Balaban J connectivity index is 2.01. The predicted molar refractivity (Wildman–Crippen MR) is 99.0 cm³/mol. The fourth-order valence-electron chi connectivity index (χ4n) is 2.42. The van der Waals surface area contributed by atoms with Crippen LogP contribution in [-0.2, 0) is 10.1 Å². The Morgan fingerprint density at radius 1 is 0.840 bits per heavy atom. The first-order valence-corrected chi connectivity index (χ1v) is 9.49. The van der Waals surface area contributed by atoms with Gasteiger partial charge in [-0.15, -0.1) is 0 Å². The third-order valence-electron chi connectivity index (χ3n) is 3.63. The van der Waals surface area contributed by atoms with E-state index in [2.05, 4.69) is 15.9 Å². The molecule has 3 aromatic rings. The summed E-state index contributed by atoms with van der Waals surface area (Å²) in [6, 6.07) is 15.6. The van der Waals surface area contributed by atoms with Gasteiger partial charge < -0.3 is 13.7 Å². The van der Waals surface area contributed by atoms with Gasteiger partial charge in [0.15, 0.2) is 11.5 Å². The summed E-state index contributed by atoms with van der Waals surface area (Å²) in [6.45, 7) is 0. The van der Waals surface area contributed by atoms with Crippen molar-refractivity contribution < 1.29 is 22.1 Å². The van der Waals surface area contributed by atoms with Gasteiger partial charge in [-0.1, -0.05) is 30.3 Å². The highest BCUT2D eigenvalue weighted by Gasteiger charge is 2.23. The van der Waals surface area contributed by atoms with Crippen LogP contribution in [0.25, 0.3) is 10.8 Å². The van der Waals surface area contributed by atoms with E-state index < -0.39 is 10.1 Å². The molecule has 25 heavy (non-hydrogen) atoms. The normalized spacial score (nSPS) is 11.3. The third-order valence-corrected chi connectivity index (χ3v) is 5.84. The van der Waals surface area contributed by atoms with Crippen molar-refractivity contribution in [2.45, 2.75) is 4.90 Å². The Kier molecular flexibility index (Phi) is 4.87. The molecule has 0 N–H and O–H groups in total. The predicted octanol–water partition coefficient (Wildman–Crippen LogP) is 4.39. The quantitative estimate of drug-likeness (QED) is 0.570. The maximum absolute atomic E-state index is 12.7. The van der Waals surface area contributed by atoms with Crippen molar-refractivity contribution in [2.24, 2.45) is 0 Å². The van der Waals surface area contributed by atoms with E-state index in [4.69, 9.17) is 13.7 Å². The lowest BCUT2D eigenvalue weighted by Gasteiger charge is -2.13.